The first kappa shape index (κ1) is 13.2. The van der Waals surface area contributed by atoms with E-state index in [1.54, 1.807) is 0 Å². The summed E-state index contributed by atoms with van der Waals surface area (Å²) in [6, 6.07) is 0. The highest BCUT2D eigenvalue weighted by Crippen LogP contribution is 2.31. The number of nitrogens with zero attached hydrogens (tertiary/aromatic N) is 1. The van der Waals surface area contributed by atoms with Gasteiger partial charge in [-0.1, -0.05) is 20.8 Å². The highest BCUT2D eigenvalue weighted by molar-refractivity contribution is 6.05. The minimum Gasteiger partial charge on any atom is -0.317 e. The van der Waals surface area contributed by atoms with Gasteiger partial charge >= 0.3 is 0 Å². The third-order valence-electron chi connectivity index (χ3n) is 2.88. The molecule has 0 aliphatic carbocycles. The zero-order chi connectivity index (χ0) is 12.2. The Balaban J connectivity index is 2.32. The van der Waals surface area contributed by atoms with Gasteiger partial charge in [-0.05, 0) is 25.9 Å². The number of hydrogen-bond acceptors (Lipinski definition) is 3. The van der Waals surface area contributed by atoms with Crippen LogP contribution in [0.4, 0.5) is 0 Å². The van der Waals surface area contributed by atoms with Crippen molar-refractivity contribution in [2.24, 2.45) is 5.41 Å². The van der Waals surface area contributed by atoms with Crippen LogP contribution in [-0.2, 0) is 9.59 Å². The molecule has 0 saturated carbocycles. The Bertz CT molecular complexity index is 274. The average molecular weight is 226 g/mol. The first-order valence-electron chi connectivity index (χ1n) is 6.04. The maximum Gasteiger partial charge on any atom is 0.235 e. The van der Waals surface area contributed by atoms with Crippen molar-refractivity contribution in [3.8, 4) is 0 Å². The van der Waals surface area contributed by atoms with E-state index in [1.807, 2.05) is 13.8 Å². The predicted octanol–water partition coefficient (Wildman–Crippen LogP) is 1.16. The summed E-state index contributed by atoms with van der Waals surface area (Å²) in [6.07, 6.45) is 2.30. The average Bonchev–Trinajstić information content (AvgIpc) is 2.39. The standard InChI is InChI=1S/C12H22N2O2/c1-4-6-13-7-5-8-14-10(15)9-12(2,3)11(14)16/h13H,4-9H2,1-3H3. The van der Waals surface area contributed by atoms with Crippen molar-refractivity contribution in [3.05, 3.63) is 0 Å². The number of carbonyl (C=O) groups excluding carboxylic acids is 2. The summed E-state index contributed by atoms with van der Waals surface area (Å²) in [5, 5.41) is 3.26. The molecule has 1 heterocycles. The second kappa shape index (κ2) is 5.43. The molecule has 1 saturated heterocycles. The van der Waals surface area contributed by atoms with Crippen LogP contribution in [0, 0.1) is 5.41 Å². The lowest BCUT2D eigenvalue weighted by atomic mass is 9.92. The van der Waals surface area contributed by atoms with Crippen LogP contribution in [0.15, 0.2) is 0 Å². The van der Waals surface area contributed by atoms with E-state index in [0.29, 0.717) is 13.0 Å². The Kier molecular flexibility index (Phi) is 4.47. The van der Waals surface area contributed by atoms with E-state index in [0.717, 1.165) is 25.9 Å². The lowest BCUT2D eigenvalue weighted by Gasteiger charge is -2.17. The highest BCUT2D eigenvalue weighted by atomic mass is 16.2. The molecule has 0 unspecified atom stereocenters. The summed E-state index contributed by atoms with van der Waals surface area (Å²) < 4.78 is 0. The van der Waals surface area contributed by atoms with Gasteiger partial charge in [0.25, 0.3) is 0 Å². The number of carbonyl (C=O) groups is 2. The molecule has 1 N–H and O–H groups in total. The third-order valence-corrected chi connectivity index (χ3v) is 2.88. The van der Waals surface area contributed by atoms with Crippen LogP contribution in [0.25, 0.3) is 0 Å². The van der Waals surface area contributed by atoms with E-state index in [1.165, 1.54) is 4.90 Å². The van der Waals surface area contributed by atoms with Gasteiger partial charge in [-0.2, -0.15) is 0 Å². The van der Waals surface area contributed by atoms with Gasteiger partial charge in [-0.15, -0.1) is 0 Å². The van der Waals surface area contributed by atoms with Crippen molar-refractivity contribution in [2.75, 3.05) is 19.6 Å². The van der Waals surface area contributed by atoms with Crippen molar-refractivity contribution in [3.63, 3.8) is 0 Å². The second-order valence-electron chi connectivity index (χ2n) is 5.01. The van der Waals surface area contributed by atoms with Crippen LogP contribution in [0.1, 0.15) is 40.0 Å². The summed E-state index contributed by atoms with van der Waals surface area (Å²) in [4.78, 5) is 24.9. The molecule has 2 amide bonds. The molecule has 4 nitrogen and oxygen atoms in total. The molecule has 1 rings (SSSR count). The molecule has 1 fully saturated rings. The van der Waals surface area contributed by atoms with Crippen LogP contribution in [0.5, 0.6) is 0 Å². The fourth-order valence-electron chi connectivity index (χ4n) is 1.92. The molecular formula is C12H22N2O2. The number of rotatable bonds is 6. The molecule has 0 aromatic carbocycles. The summed E-state index contributed by atoms with van der Waals surface area (Å²) in [7, 11) is 0. The SMILES string of the molecule is CCCNCCCN1C(=O)CC(C)(C)C1=O. The van der Waals surface area contributed by atoms with Gasteiger partial charge in [0, 0.05) is 13.0 Å². The fourth-order valence-corrected chi connectivity index (χ4v) is 1.92. The lowest BCUT2D eigenvalue weighted by molar-refractivity contribution is -0.140. The van der Waals surface area contributed by atoms with Crippen LogP contribution in [-0.4, -0.2) is 36.3 Å². The van der Waals surface area contributed by atoms with E-state index >= 15 is 0 Å². The number of imide groups is 1. The number of amides is 2. The molecular weight excluding hydrogens is 204 g/mol. The van der Waals surface area contributed by atoms with Gasteiger partial charge < -0.3 is 5.32 Å². The second-order valence-corrected chi connectivity index (χ2v) is 5.01. The van der Waals surface area contributed by atoms with E-state index in [2.05, 4.69) is 12.2 Å². The molecule has 92 valence electrons. The van der Waals surface area contributed by atoms with Crippen molar-refractivity contribution in [2.45, 2.75) is 40.0 Å². The van der Waals surface area contributed by atoms with E-state index in [-0.39, 0.29) is 11.8 Å². The van der Waals surface area contributed by atoms with Crippen molar-refractivity contribution in [1.82, 2.24) is 10.2 Å². The quantitative estimate of drug-likeness (QED) is 0.546. The molecule has 0 radical (unpaired) electrons. The summed E-state index contributed by atoms with van der Waals surface area (Å²) in [5.74, 6) is -0.0431. The minimum absolute atomic E-state index is 0.0204. The van der Waals surface area contributed by atoms with E-state index < -0.39 is 5.41 Å². The Morgan fingerprint density at radius 1 is 1.31 bits per heavy atom. The van der Waals surface area contributed by atoms with Crippen molar-refractivity contribution < 1.29 is 9.59 Å². The number of hydrogen-bond donors (Lipinski definition) is 1. The van der Waals surface area contributed by atoms with Gasteiger partial charge in [0.1, 0.15) is 0 Å². The number of nitrogens with one attached hydrogen (secondary N) is 1. The van der Waals surface area contributed by atoms with Crippen LogP contribution in [0.2, 0.25) is 0 Å². The maximum absolute atomic E-state index is 11.8. The topological polar surface area (TPSA) is 49.4 Å². The minimum atomic E-state index is -0.492. The van der Waals surface area contributed by atoms with Crippen molar-refractivity contribution in [1.29, 1.82) is 0 Å². The van der Waals surface area contributed by atoms with Crippen LogP contribution < -0.4 is 5.32 Å². The number of likely N-dealkylation sites (tertiary alicyclic amines) is 1. The van der Waals surface area contributed by atoms with Crippen LogP contribution in [0.3, 0.4) is 0 Å². The van der Waals surface area contributed by atoms with E-state index in [4.69, 9.17) is 0 Å². The Labute approximate surface area is 97.4 Å². The van der Waals surface area contributed by atoms with Gasteiger partial charge in [0.05, 0.1) is 5.41 Å². The molecule has 1 aliphatic heterocycles. The Morgan fingerprint density at radius 3 is 2.50 bits per heavy atom. The monoisotopic (exact) mass is 226 g/mol. The molecule has 0 aromatic heterocycles. The molecule has 16 heavy (non-hydrogen) atoms. The largest absolute Gasteiger partial charge is 0.317 e. The van der Waals surface area contributed by atoms with E-state index in [9.17, 15) is 9.59 Å². The fraction of sp³-hybridized carbons (Fsp3) is 0.833. The first-order valence-corrected chi connectivity index (χ1v) is 6.04. The van der Waals surface area contributed by atoms with Gasteiger partial charge in [0.15, 0.2) is 0 Å². The Morgan fingerprint density at radius 2 is 2.00 bits per heavy atom. The molecule has 0 aromatic rings. The van der Waals surface area contributed by atoms with Crippen LogP contribution >= 0.6 is 0 Å². The normalized spacial score (nSPS) is 19.6. The Hall–Kier alpha value is -0.900. The highest BCUT2D eigenvalue weighted by Gasteiger charge is 2.44. The lowest BCUT2D eigenvalue weighted by Crippen LogP contribution is -2.35. The summed E-state index contributed by atoms with van der Waals surface area (Å²) in [6.45, 7) is 8.20. The molecule has 1 aliphatic rings. The zero-order valence-electron chi connectivity index (χ0n) is 10.5. The third kappa shape index (κ3) is 3.04. The van der Waals surface area contributed by atoms with Crippen molar-refractivity contribution >= 4 is 11.8 Å². The van der Waals surface area contributed by atoms with Gasteiger partial charge in [0.2, 0.25) is 11.8 Å². The van der Waals surface area contributed by atoms with Gasteiger partial charge in [-0.25, -0.2) is 0 Å². The summed E-state index contributed by atoms with van der Waals surface area (Å²) >= 11 is 0. The molecule has 0 bridgehead atoms. The smallest absolute Gasteiger partial charge is 0.235 e. The van der Waals surface area contributed by atoms with Gasteiger partial charge in [-0.3, -0.25) is 14.5 Å². The summed E-state index contributed by atoms with van der Waals surface area (Å²) in [5.41, 5.74) is -0.492. The predicted molar refractivity (Wildman–Crippen MR) is 62.9 cm³/mol. The molecule has 0 atom stereocenters. The first-order chi connectivity index (χ1) is 7.49. The zero-order valence-corrected chi connectivity index (χ0v) is 10.5. The maximum atomic E-state index is 11.8. The molecule has 0 spiro atoms. The molecule has 4 heteroatoms.